The number of sulfonamides is 1. The third-order valence-corrected chi connectivity index (χ3v) is 5.38. The summed E-state index contributed by atoms with van der Waals surface area (Å²) >= 11 is 3.33. The lowest BCUT2D eigenvalue weighted by Crippen LogP contribution is -2.14. The summed E-state index contributed by atoms with van der Waals surface area (Å²) in [6.45, 7) is 1.65. The Bertz CT molecular complexity index is 1010. The molecule has 0 heterocycles. The van der Waals surface area contributed by atoms with E-state index in [1.807, 2.05) is 6.92 Å². The number of nitrogens with two attached hydrogens (primary N) is 1. The maximum absolute atomic E-state index is 12.7. The van der Waals surface area contributed by atoms with E-state index >= 15 is 0 Å². The number of anilines is 1. The first-order valence-corrected chi connectivity index (χ1v) is 9.88. The highest BCUT2D eigenvalue weighted by Gasteiger charge is 2.17. The third-order valence-electron chi connectivity index (χ3n) is 3.38. The molecular formula is C18H17BrN2O5S. The fourth-order valence-corrected chi connectivity index (χ4v) is 3.63. The first-order chi connectivity index (χ1) is 12.7. The summed E-state index contributed by atoms with van der Waals surface area (Å²) in [6.07, 6.45) is -0.944. The van der Waals surface area contributed by atoms with Crippen LogP contribution in [0.3, 0.4) is 0 Å². The van der Waals surface area contributed by atoms with E-state index in [0.29, 0.717) is 15.8 Å². The molecule has 0 aliphatic heterocycles. The first kappa shape index (κ1) is 20.6. The van der Waals surface area contributed by atoms with Crippen LogP contribution in [0, 0.1) is 18.8 Å². The van der Waals surface area contributed by atoms with E-state index < -0.39 is 16.1 Å². The number of carbonyl (C=O) groups is 1. The molecule has 0 saturated carbocycles. The maximum Gasteiger partial charge on any atom is 0.405 e. The van der Waals surface area contributed by atoms with Gasteiger partial charge in [-0.05, 0) is 41.1 Å². The number of rotatable bonds is 5. The summed E-state index contributed by atoms with van der Waals surface area (Å²) in [7, 11) is -2.37. The Balaban J connectivity index is 2.41. The lowest BCUT2D eigenvalue weighted by molar-refractivity contribution is 0.171. The van der Waals surface area contributed by atoms with Crippen molar-refractivity contribution in [3.05, 3.63) is 52.0 Å². The summed E-state index contributed by atoms with van der Waals surface area (Å²) in [5.74, 6) is 5.78. The van der Waals surface area contributed by atoms with Crippen molar-refractivity contribution in [3.63, 3.8) is 0 Å². The minimum absolute atomic E-state index is 0.117. The average molecular weight is 453 g/mol. The highest BCUT2D eigenvalue weighted by atomic mass is 79.9. The molecule has 27 heavy (non-hydrogen) atoms. The molecule has 0 bridgehead atoms. The largest absolute Gasteiger partial charge is 0.495 e. The first-order valence-electron chi connectivity index (χ1n) is 7.61. The van der Waals surface area contributed by atoms with Crippen LogP contribution in [0.5, 0.6) is 5.75 Å². The molecule has 0 spiro atoms. The smallest absolute Gasteiger partial charge is 0.405 e. The SMILES string of the molecule is COc1cc(NS(=O)(=O)c2ccc(C)cc2)c(C#CCOC(N)=O)cc1Br. The van der Waals surface area contributed by atoms with Gasteiger partial charge in [-0.15, -0.1) is 0 Å². The summed E-state index contributed by atoms with van der Waals surface area (Å²) in [4.78, 5) is 10.7. The molecule has 0 aromatic heterocycles. The molecule has 0 radical (unpaired) electrons. The number of nitrogens with one attached hydrogen (secondary N) is 1. The van der Waals surface area contributed by atoms with Crippen molar-refractivity contribution < 1.29 is 22.7 Å². The number of aryl methyl sites for hydroxylation is 1. The van der Waals surface area contributed by atoms with E-state index in [2.05, 4.69) is 37.2 Å². The van der Waals surface area contributed by atoms with Crippen molar-refractivity contribution in [2.45, 2.75) is 11.8 Å². The van der Waals surface area contributed by atoms with Crippen molar-refractivity contribution in [3.8, 4) is 17.6 Å². The van der Waals surface area contributed by atoms with Gasteiger partial charge >= 0.3 is 6.09 Å². The highest BCUT2D eigenvalue weighted by Crippen LogP contribution is 2.32. The number of hydrogen-bond donors (Lipinski definition) is 2. The Morgan fingerprint density at radius 1 is 1.26 bits per heavy atom. The van der Waals surface area contributed by atoms with Gasteiger partial charge in [-0.2, -0.15) is 0 Å². The molecule has 0 saturated heterocycles. The van der Waals surface area contributed by atoms with Crippen molar-refractivity contribution in [1.82, 2.24) is 0 Å². The molecule has 9 heteroatoms. The molecule has 7 nitrogen and oxygen atoms in total. The molecule has 2 rings (SSSR count). The van der Waals surface area contributed by atoms with Gasteiger partial charge in [0, 0.05) is 6.07 Å². The van der Waals surface area contributed by atoms with Gasteiger partial charge < -0.3 is 15.2 Å². The number of methoxy groups -OCH3 is 1. The monoisotopic (exact) mass is 452 g/mol. The number of benzene rings is 2. The van der Waals surface area contributed by atoms with Gasteiger partial charge in [0.15, 0.2) is 6.61 Å². The second-order valence-corrected chi connectivity index (χ2v) is 7.90. The Labute approximate surface area is 166 Å². The molecular weight excluding hydrogens is 436 g/mol. The standard InChI is InChI=1S/C18H17BrN2O5S/c1-12-5-7-14(8-6-12)27(23,24)21-16-11-17(25-2)15(19)10-13(16)4-3-9-26-18(20)22/h5-8,10-11,21H,9H2,1-2H3,(H2,20,22). The predicted octanol–water partition coefficient (Wildman–Crippen LogP) is 3.01. The van der Waals surface area contributed by atoms with Crippen LogP contribution in [0.2, 0.25) is 0 Å². The normalized spacial score (nSPS) is 10.5. The van der Waals surface area contributed by atoms with Gasteiger partial charge in [0.2, 0.25) is 0 Å². The zero-order chi connectivity index (χ0) is 20.0. The van der Waals surface area contributed by atoms with Crippen LogP contribution >= 0.6 is 15.9 Å². The fourth-order valence-electron chi connectivity index (χ4n) is 2.06. The van der Waals surface area contributed by atoms with Crippen LogP contribution < -0.4 is 15.2 Å². The van der Waals surface area contributed by atoms with E-state index in [1.165, 1.54) is 25.3 Å². The predicted molar refractivity (Wildman–Crippen MR) is 105 cm³/mol. The maximum atomic E-state index is 12.7. The number of primary amides is 1. The Morgan fingerprint density at radius 2 is 1.93 bits per heavy atom. The van der Waals surface area contributed by atoms with E-state index in [4.69, 9.17) is 10.5 Å². The van der Waals surface area contributed by atoms with E-state index in [9.17, 15) is 13.2 Å². The van der Waals surface area contributed by atoms with E-state index in [1.54, 1.807) is 18.2 Å². The number of ether oxygens (including phenoxy) is 2. The molecule has 0 aliphatic rings. The van der Waals surface area contributed by atoms with Gasteiger partial charge in [0.1, 0.15) is 5.75 Å². The molecule has 2 aromatic carbocycles. The molecule has 2 aromatic rings. The molecule has 0 fully saturated rings. The Hall–Kier alpha value is -2.70. The van der Waals surface area contributed by atoms with Crippen molar-refractivity contribution in [1.29, 1.82) is 0 Å². The quantitative estimate of drug-likeness (QED) is 0.677. The van der Waals surface area contributed by atoms with Crippen molar-refractivity contribution in [2.75, 3.05) is 18.4 Å². The van der Waals surface area contributed by atoms with Gasteiger partial charge in [0.25, 0.3) is 10.0 Å². The van der Waals surface area contributed by atoms with Crippen LogP contribution in [-0.4, -0.2) is 28.2 Å². The second-order valence-electron chi connectivity index (χ2n) is 5.36. The lowest BCUT2D eigenvalue weighted by atomic mass is 10.2. The van der Waals surface area contributed by atoms with Crippen LogP contribution in [0.15, 0.2) is 45.8 Å². The van der Waals surface area contributed by atoms with Gasteiger partial charge in [-0.25, -0.2) is 13.2 Å². The Morgan fingerprint density at radius 3 is 2.52 bits per heavy atom. The summed E-state index contributed by atoms with van der Waals surface area (Å²) in [5, 5.41) is 0. The fraction of sp³-hybridized carbons (Fsp3) is 0.167. The van der Waals surface area contributed by atoms with Crippen molar-refractivity contribution >= 4 is 37.7 Å². The molecule has 0 atom stereocenters. The van der Waals surface area contributed by atoms with Crippen molar-refractivity contribution in [2.24, 2.45) is 5.73 Å². The van der Waals surface area contributed by atoms with E-state index in [-0.39, 0.29) is 17.2 Å². The number of hydrogen-bond acceptors (Lipinski definition) is 5. The highest BCUT2D eigenvalue weighted by molar-refractivity contribution is 9.10. The average Bonchev–Trinajstić information content (AvgIpc) is 2.60. The van der Waals surface area contributed by atoms with Crippen LogP contribution in [0.4, 0.5) is 10.5 Å². The number of carbonyl (C=O) groups excluding carboxylic acids is 1. The van der Waals surface area contributed by atoms with Crippen LogP contribution in [0.25, 0.3) is 0 Å². The minimum atomic E-state index is -3.83. The molecule has 142 valence electrons. The number of amides is 1. The van der Waals surface area contributed by atoms with E-state index in [0.717, 1.165) is 5.56 Å². The zero-order valence-corrected chi connectivity index (χ0v) is 17.0. The third kappa shape index (κ3) is 5.64. The Kier molecular flexibility index (Phi) is 6.71. The summed E-state index contributed by atoms with van der Waals surface area (Å²) < 4.78 is 38.2. The van der Waals surface area contributed by atoms with Crippen LogP contribution in [0.1, 0.15) is 11.1 Å². The van der Waals surface area contributed by atoms with Crippen LogP contribution in [-0.2, 0) is 14.8 Å². The molecule has 3 N–H and O–H groups in total. The molecule has 0 aliphatic carbocycles. The van der Waals surface area contributed by atoms with Gasteiger partial charge in [-0.1, -0.05) is 29.5 Å². The van der Waals surface area contributed by atoms with Gasteiger partial charge in [-0.3, -0.25) is 4.72 Å². The zero-order valence-electron chi connectivity index (χ0n) is 14.6. The molecule has 0 unspecified atom stereocenters. The molecule has 1 amide bonds. The summed E-state index contributed by atoms with van der Waals surface area (Å²) in [5.41, 5.74) is 6.41. The minimum Gasteiger partial charge on any atom is -0.495 e. The topological polar surface area (TPSA) is 108 Å². The number of halogens is 1. The second kappa shape index (κ2) is 8.79. The van der Waals surface area contributed by atoms with Gasteiger partial charge in [0.05, 0.1) is 27.7 Å². The lowest BCUT2D eigenvalue weighted by Gasteiger charge is -2.13. The summed E-state index contributed by atoms with van der Waals surface area (Å²) in [6, 6.07) is 9.55.